The van der Waals surface area contributed by atoms with Gasteiger partial charge in [0.2, 0.25) is 0 Å². The van der Waals surface area contributed by atoms with Gasteiger partial charge in [-0.15, -0.1) is 0 Å². The van der Waals surface area contributed by atoms with E-state index in [-0.39, 0.29) is 0 Å². The van der Waals surface area contributed by atoms with E-state index in [1.54, 1.807) is 7.11 Å². The van der Waals surface area contributed by atoms with Crippen LogP contribution in [0.25, 0.3) is 0 Å². The Kier molecular flexibility index (Phi) is 10.2. The molecule has 0 amide bonds. The molecule has 1 saturated carbocycles. The van der Waals surface area contributed by atoms with Crippen LogP contribution in [0.4, 0.5) is 0 Å². The third kappa shape index (κ3) is 7.72. The van der Waals surface area contributed by atoms with Crippen molar-refractivity contribution in [2.24, 2.45) is 5.92 Å². The summed E-state index contributed by atoms with van der Waals surface area (Å²) in [6.07, 6.45) is 8.00. The van der Waals surface area contributed by atoms with Gasteiger partial charge in [-0.2, -0.15) is 0 Å². The molecule has 0 N–H and O–H groups in total. The summed E-state index contributed by atoms with van der Waals surface area (Å²) < 4.78 is 15.9. The zero-order valence-corrected chi connectivity index (χ0v) is 13.1. The maximum absolute atomic E-state index is 5.62. The van der Waals surface area contributed by atoms with Crippen LogP contribution in [0, 0.1) is 5.92 Å². The SMILES string of the molecule is COCCOCCOCCC1CCCCCC1Br. The van der Waals surface area contributed by atoms with E-state index in [1.807, 2.05) is 0 Å². The Morgan fingerprint density at radius 3 is 2.33 bits per heavy atom. The van der Waals surface area contributed by atoms with Crippen LogP contribution in [0.5, 0.6) is 0 Å². The molecular weight excluding hydrogens is 296 g/mol. The van der Waals surface area contributed by atoms with Crippen LogP contribution in [-0.2, 0) is 14.2 Å². The first kappa shape index (κ1) is 16.4. The molecule has 3 nitrogen and oxygen atoms in total. The van der Waals surface area contributed by atoms with Gasteiger partial charge in [0.15, 0.2) is 0 Å². The largest absolute Gasteiger partial charge is 0.382 e. The Labute approximate surface area is 120 Å². The first-order valence-electron chi connectivity index (χ1n) is 7.13. The Morgan fingerprint density at radius 2 is 1.56 bits per heavy atom. The molecular formula is C14H27BrO3. The molecule has 0 bridgehead atoms. The number of methoxy groups -OCH3 is 1. The van der Waals surface area contributed by atoms with Crippen molar-refractivity contribution < 1.29 is 14.2 Å². The molecule has 0 heterocycles. The summed E-state index contributed by atoms with van der Waals surface area (Å²) >= 11 is 3.82. The molecule has 0 aromatic heterocycles. The van der Waals surface area contributed by atoms with Gasteiger partial charge in [0, 0.05) is 18.5 Å². The number of alkyl halides is 1. The fourth-order valence-electron chi connectivity index (χ4n) is 2.36. The molecule has 2 unspecified atom stereocenters. The number of hydrogen-bond acceptors (Lipinski definition) is 3. The summed E-state index contributed by atoms with van der Waals surface area (Å²) in [6.45, 7) is 3.55. The van der Waals surface area contributed by atoms with E-state index in [1.165, 1.54) is 38.5 Å². The number of rotatable bonds is 9. The van der Waals surface area contributed by atoms with Crippen molar-refractivity contribution in [2.75, 3.05) is 40.1 Å². The molecule has 0 saturated heterocycles. The number of hydrogen-bond donors (Lipinski definition) is 0. The predicted octanol–water partition coefficient (Wildman–Crippen LogP) is 3.40. The average Bonchev–Trinajstić information content (AvgIpc) is 2.58. The Balaban J connectivity index is 1.93. The van der Waals surface area contributed by atoms with Crippen LogP contribution < -0.4 is 0 Å². The van der Waals surface area contributed by atoms with Crippen molar-refractivity contribution in [1.82, 2.24) is 0 Å². The molecule has 18 heavy (non-hydrogen) atoms. The lowest BCUT2D eigenvalue weighted by Gasteiger charge is -2.19. The summed E-state index contributed by atoms with van der Waals surface area (Å²) in [4.78, 5) is 0.696. The van der Waals surface area contributed by atoms with E-state index >= 15 is 0 Å². The van der Waals surface area contributed by atoms with E-state index in [0.717, 1.165) is 12.5 Å². The van der Waals surface area contributed by atoms with Crippen molar-refractivity contribution >= 4 is 15.9 Å². The first-order valence-corrected chi connectivity index (χ1v) is 8.04. The molecule has 0 aromatic rings. The topological polar surface area (TPSA) is 27.7 Å². The summed E-state index contributed by atoms with van der Waals surface area (Å²) in [5.74, 6) is 0.793. The third-order valence-corrected chi connectivity index (χ3v) is 4.71. The number of halogens is 1. The smallest absolute Gasteiger partial charge is 0.0701 e. The molecule has 1 aliphatic rings. The van der Waals surface area contributed by atoms with Crippen LogP contribution in [0.3, 0.4) is 0 Å². The lowest BCUT2D eigenvalue weighted by atomic mass is 9.97. The van der Waals surface area contributed by atoms with Crippen LogP contribution >= 0.6 is 15.9 Å². The summed E-state index contributed by atoms with van der Waals surface area (Å²) in [6, 6.07) is 0. The zero-order chi connectivity index (χ0) is 13.1. The third-order valence-electron chi connectivity index (χ3n) is 3.50. The lowest BCUT2D eigenvalue weighted by molar-refractivity contribution is 0.0216. The van der Waals surface area contributed by atoms with Gasteiger partial charge in [-0.3, -0.25) is 0 Å². The van der Waals surface area contributed by atoms with Crippen molar-refractivity contribution in [1.29, 1.82) is 0 Å². The van der Waals surface area contributed by atoms with E-state index < -0.39 is 0 Å². The second kappa shape index (κ2) is 11.2. The van der Waals surface area contributed by atoms with Gasteiger partial charge in [0.05, 0.1) is 26.4 Å². The number of ether oxygens (including phenoxy) is 3. The first-order chi connectivity index (χ1) is 8.84. The molecule has 108 valence electrons. The zero-order valence-electron chi connectivity index (χ0n) is 11.5. The predicted molar refractivity (Wildman–Crippen MR) is 77.4 cm³/mol. The van der Waals surface area contributed by atoms with Gasteiger partial charge in [-0.05, 0) is 25.2 Å². The highest BCUT2D eigenvalue weighted by Gasteiger charge is 2.20. The normalized spacial score (nSPS) is 25.0. The van der Waals surface area contributed by atoms with Gasteiger partial charge in [0.1, 0.15) is 0 Å². The van der Waals surface area contributed by atoms with Crippen molar-refractivity contribution in [3.63, 3.8) is 0 Å². The minimum absolute atomic E-state index is 0.659. The summed E-state index contributed by atoms with van der Waals surface area (Å²) in [5, 5.41) is 0. The van der Waals surface area contributed by atoms with E-state index in [0.29, 0.717) is 31.3 Å². The fraction of sp³-hybridized carbons (Fsp3) is 1.00. The maximum Gasteiger partial charge on any atom is 0.0701 e. The molecule has 1 aliphatic carbocycles. The van der Waals surface area contributed by atoms with Crippen LogP contribution in [0.15, 0.2) is 0 Å². The Morgan fingerprint density at radius 1 is 0.889 bits per heavy atom. The van der Waals surface area contributed by atoms with Crippen LogP contribution in [-0.4, -0.2) is 45.0 Å². The molecule has 0 aliphatic heterocycles. The monoisotopic (exact) mass is 322 g/mol. The maximum atomic E-state index is 5.62. The minimum Gasteiger partial charge on any atom is -0.382 e. The standard InChI is InChI=1S/C14H27BrO3/c1-16-9-10-18-12-11-17-8-7-13-5-3-2-4-6-14(13)15/h13-14H,2-12H2,1H3. The van der Waals surface area contributed by atoms with E-state index in [4.69, 9.17) is 14.2 Å². The Bertz CT molecular complexity index is 190. The van der Waals surface area contributed by atoms with Crippen molar-refractivity contribution in [3.8, 4) is 0 Å². The molecule has 0 radical (unpaired) electrons. The molecule has 4 heteroatoms. The van der Waals surface area contributed by atoms with Crippen molar-refractivity contribution in [3.05, 3.63) is 0 Å². The quantitative estimate of drug-likeness (QED) is 0.370. The fourth-order valence-corrected chi connectivity index (χ4v) is 3.22. The molecule has 1 fully saturated rings. The van der Waals surface area contributed by atoms with E-state index in [9.17, 15) is 0 Å². The van der Waals surface area contributed by atoms with Gasteiger partial charge in [-0.1, -0.05) is 35.2 Å². The van der Waals surface area contributed by atoms with Gasteiger partial charge < -0.3 is 14.2 Å². The molecule has 0 aromatic carbocycles. The van der Waals surface area contributed by atoms with Gasteiger partial charge in [0.25, 0.3) is 0 Å². The van der Waals surface area contributed by atoms with Crippen LogP contribution in [0.1, 0.15) is 38.5 Å². The van der Waals surface area contributed by atoms with Crippen molar-refractivity contribution in [2.45, 2.75) is 43.4 Å². The molecule has 1 rings (SSSR count). The lowest BCUT2D eigenvalue weighted by Crippen LogP contribution is -2.16. The highest BCUT2D eigenvalue weighted by atomic mass is 79.9. The Hall–Kier alpha value is 0.360. The average molecular weight is 323 g/mol. The second-order valence-electron chi connectivity index (χ2n) is 4.92. The van der Waals surface area contributed by atoms with E-state index in [2.05, 4.69) is 15.9 Å². The van der Waals surface area contributed by atoms with Gasteiger partial charge >= 0.3 is 0 Å². The summed E-state index contributed by atoms with van der Waals surface area (Å²) in [7, 11) is 1.68. The van der Waals surface area contributed by atoms with Gasteiger partial charge in [-0.25, -0.2) is 0 Å². The highest BCUT2D eigenvalue weighted by molar-refractivity contribution is 9.09. The van der Waals surface area contributed by atoms with Crippen LogP contribution in [0.2, 0.25) is 0 Å². The minimum atomic E-state index is 0.659. The molecule has 2 atom stereocenters. The summed E-state index contributed by atoms with van der Waals surface area (Å²) in [5.41, 5.74) is 0. The second-order valence-corrected chi connectivity index (χ2v) is 6.10. The highest BCUT2D eigenvalue weighted by Crippen LogP contribution is 2.30. The molecule has 0 spiro atoms.